The third-order valence-corrected chi connectivity index (χ3v) is 4.77. The number of rotatable bonds is 2. The minimum absolute atomic E-state index is 0.348. The number of hydrogen-bond donors (Lipinski definition) is 1. The predicted octanol–water partition coefficient (Wildman–Crippen LogP) is 2.25. The van der Waals surface area contributed by atoms with Gasteiger partial charge in [0.15, 0.2) is 0 Å². The highest BCUT2D eigenvalue weighted by molar-refractivity contribution is 4.92. The maximum Gasteiger partial charge on any atom is 0.0678 e. The van der Waals surface area contributed by atoms with Crippen LogP contribution in [0.5, 0.6) is 0 Å². The normalized spacial score (nSPS) is 43.3. The van der Waals surface area contributed by atoms with Crippen molar-refractivity contribution >= 4 is 0 Å². The molecular weight excluding hydrogens is 224 g/mol. The fourth-order valence-electron chi connectivity index (χ4n) is 3.72. The lowest BCUT2D eigenvalue weighted by Crippen LogP contribution is -2.57. The Morgan fingerprint density at radius 3 is 2.28 bits per heavy atom. The van der Waals surface area contributed by atoms with Gasteiger partial charge in [0, 0.05) is 25.2 Å². The third kappa shape index (κ3) is 3.25. The van der Waals surface area contributed by atoms with Crippen molar-refractivity contribution in [2.75, 3.05) is 13.1 Å². The molecule has 0 radical (unpaired) electrons. The Morgan fingerprint density at radius 1 is 1.11 bits per heavy atom. The maximum atomic E-state index is 6.38. The zero-order valence-corrected chi connectivity index (χ0v) is 12.4. The van der Waals surface area contributed by atoms with Gasteiger partial charge in [-0.05, 0) is 44.9 Å². The molecule has 5 atom stereocenters. The minimum Gasteiger partial charge on any atom is -0.373 e. The van der Waals surface area contributed by atoms with Crippen molar-refractivity contribution in [2.24, 2.45) is 17.6 Å². The molecule has 2 rings (SSSR count). The Kier molecular flexibility index (Phi) is 4.68. The Morgan fingerprint density at radius 2 is 1.72 bits per heavy atom. The molecule has 0 aromatic carbocycles. The van der Waals surface area contributed by atoms with Crippen LogP contribution in [-0.2, 0) is 4.74 Å². The molecule has 2 aliphatic rings. The number of ether oxygens (including phenoxy) is 1. The van der Waals surface area contributed by atoms with Crippen LogP contribution in [-0.4, -0.2) is 42.3 Å². The summed E-state index contributed by atoms with van der Waals surface area (Å²) >= 11 is 0. The highest BCUT2D eigenvalue weighted by Gasteiger charge is 2.36. The Hall–Kier alpha value is -0.120. The van der Waals surface area contributed by atoms with Gasteiger partial charge in [-0.2, -0.15) is 0 Å². The van der Waals surface area contributed by atoms with Crippen LogP contribution in [0, 0.1) is 11.8 Å². The highest BCUT2D eigenvalue weighted by Crippen LogP contribution is 2.33. The van der Waals surface area contributed by atoms with Crippen LogP contribution in [0.4, 0.5) is 0 Å². The van der Waals surface area contributed by atoms with E-state index in [4.69, 9.17) is 10.5 Å². The predicted molar refractivity (Wildman–Crippen MR) is 75.5 cm³/mol. The van der Waals surface area contributed by atoms with Crippen LogP contribution >= 0.6 is 0 Å². The second kappa shape index (κ2) is 5.89. The number of hydrogen-bond acceptors (Lipinski definition) is 3. The Bertz CT molecular complexity index is 259. The first kappa shape index (κ1) is 14.3. The molecular formula is C15H30N2O. The monoisotopic (exact) mass is 254 g/mol. The van der Waals surface area contributed by atoms with Crippen LogP contribution in [0.3, 0.4) is 0 Å². The minimum atomic E-state index is 0.348. The summed E-state index contributed by atoms with van der Waals surface area (Å²) in [4.78, 5) is 2.60. The van der Waals surface area contributed by atoms with E-state index in [1.165, 1.54) is 19.3 Å². The summed E-state index contributed by atoms with van der Waals surface area (Å²) in [5, 5.41) is 0. The van der Waals surface area contributed by atoms with E-state index in [1.54, 1.807) is 0 Å². The van der Waals surface area contributed by atoms with Crippen molar-refractivity contribution in [1.82, 2.24) is 4.90 Å². The maximum absolute atomic E-state index is 6.38. The average molecular weight is 254 g/mol. The summed E-state index contributed by atoms with van der Waals surface area (Å²) in [5.74, 6) is 1.64. The molecule has 1 aliphatic heterocycles. The van der Waals surface area contributed by atoms with Gasteiger partial charge in [0.25, 0.3) is 0 Å². The van der Waals surface area contributed by atoms with Crippen molar-refractivity contribution < 1.29 is 4.74 Å². The van der Waals surface area contributed by atoms with Gasteiger partial charge in [0.05, 0.1) is 12.2 Å². The van der Waals surface area contributed by atoms with E-state index >= 15 is 0 Å². The zero-order chi connectivity index (χ0) is 13.3. The van der Waals surface area contributed by atoms with Crippen LogP contribution in [0.2, 0.25) is 0 Å². The molecule has 0 amide bonds. The molecule has 2 fully saturated rings. The van der Waals surface area contributed by atoms with E-state index in [0.29, 0.717) is 24.3 Å². The summed E-state index contributed by atoms with van der Waals surface area (Å²) in [6.07, 6.45) is 4.47. The average Bonchev–Trinajstić information content (AvgIpc) is 2.27. The van der Waals surface area contributed by atoms with Crippen molar-refractivity contribution in [3.8, 4) is 0 Å². The van der Waals surface area contributed by atoms with Gasteiger partial charge in [-0.1, -0.05) is 13.8 Å². The van der Waals surface area contributed by atoms with Gasteiger partial charge in [-0.25, -0.2) is 0 Å². The zero-order valence-electron chi connectivity index (χ0n) is 12.4. The molecule has 0 aromatic rings. The molecule has 3 nitrogen and oxygen atoms in total. The SMILES string of the molecule is CC1CN(C2CC(C(C)C)CCC2N)CC(C)O1. The van der Waals surface area contributed by atoms with Crippen molar-refractivity contribution in [3.63, 3.8) is 0 Å². The largest absolute Gasteiger partial charge is 0.373 e. The first-order valence-corrected chi connectivity index (χ1v) is 7.62. The van der Waals surface area contributed by atoms with Gasteiger partial charge in [-0.15, -0.1) is 0 Å². The van der Waals surface area contributed by atoms with E-state index in [1.807, 2.05) is 0 Å². The van der Waals surface area contributed by atoms with Crippen molar-refractivity contribution in [1.29, 1.82) is 0 Å². The summed E-state index contributed by atoms with van der Waals surface area (Å²) in [6.45, 7) is 11.2. The number of nitrogens with two attached hydrogens (primary N) is 1. The molecule has 1 saturated carbocycles. The van der Waals surface area contributed by atoms with Crippen LogP contribution in [0.15, 0.2) is 0 Å². The second-order valence-electron chi connectivity index (χ2n) is 6.76. The van der Waals surface area contributed by atoms with Gasteiger partial charge >= 0.3 is 0 Å². The number of morpholine rings is 1. The first-order chi connectivity index (χ1) is 8.47. The molecule has 1 heterocycles. The molecule has 0 bridgehead atoms. The Labute approximate surface area is 112 Å². The highest BCUT2D eigenvalue weighted by atomic mass is 16.5. The molecule has 1 saturated heterocycles. The quantitative estimate of drug-likeness (QED) is 0.821. The van der Waals surface area contributed by atoms with E-state index in [-0.39, 0.29) is 0 Å². The Balaban J connectivity index is 2.00. The molecule has 2 N–H and O–H groups in total. The van der Waals surface area contributed by atoms with E-state index in [2.05, 4.69) is 32.6 Å². The first-order valence-electron chi connectivity index (χ1n) is 7.62. The molecule has 106 valence electrons. The molecule has 3 heteroatoms. The van der Waals surface area contributed by atoms with Crippen LogP contribution in [0.25, 0.3) is 0 Å². The second-order valence-corrected chi connectivity index (χ2v) is 6.76. The molecule has 5 unspecified atom stereocenters. The third-order valence-electron chi connectivity index (χ3n) is 4.77. The fraction of sp³-hybridized carbons (Fsp3) is 1.00. The van der Waals surface area contributed by atoms with Gasteiger partial charge in [0.1, 0.15) is 0 Å². The molecule has 1 aliphatic carbocycles. The standard InChI is InChI=1S/C15H30N2O/c1-10(2)13-5-6-14(16)15(7-13)17-8-11(3)18-12(4)9-17/h10-15H,5-9,16H2,1-4H3. The lowest BCUT2D eigenvalue weighted by atomic mass is 9.76. The van der Waals surface area contributed by atoms with Crippen LogP contribution in [0.1, 0.15) is 47.0 Å². The molecule has 0 spiro atoms. The van der Waals surface area contributed by atoms with Crippen molar-refractivity contribution in [2.45, 2.75) is 71.2 Å². The topological polar surface area (TPSA) is 38.5 Å². The fourth-order valence-corrected chi connectivity index (χ4v) is 3.72. The summed E-state index contributed by atoms with van der Waals surface area (Å²) in [7, 11) is 0. The van der Waals surface area contributed by atoms with Crippen molar-refractivity contribution in [3.05, 3.63) is 0 Å². The van der Waals surface area contributed by atoms with E-state index in [0.717, 1.165) is 24.9 Å². The lowest BCUT2D eigenvalue weighted by Gasteiger charge is -2.46. The summed E-state index contributed by atoms with van der Waals surface area (Å²) in [5.41, 5.74) is 6.38. The lowest BCUT2D eigenvalue weighted by molar-refractivity contribution is -0.0896. The van der Waals surface area contributed by atoms with Gasteiger partial charge in [0.2, 0.25) is 0 Å². The smallest absolute Gasteiger partial charge is 0.0678 e. The van der Waals surface area contributed by atoms with E-state index in [9.17, 15) is 0 Å². The number of nitrogens with zero attached hydrogens (tertiary/aromatic N) is 1. The van der Waals surface area contributed by atoms with Gasteiger partial charge < -0.3 is 10.5 Å². The molecule has 0 aromatic heterocycles. The summed E-state index contributed by atoms with van der Waals surface area (Å²) < 4.78 is 5.83. The molecule has 18 heavy (non-hydrogen) atoms. The van der Waals surface area contributed by atoms with Gasteiger partial charge in [-0.3, -0.25) is 4.90 Å². The summed E-state index contributed by atoms with van der Waals surface area (Å²) in [6, 6.07) is 0.928. The van der Waals surface area contributed by atoms with E-state index < -0.39 is 0 Å². The van der Waals surface area contributed by atoms with Crippen LogP contribution < -0.4 is 5.73 Å².